The van der Waals surface area contributed by atoms with Crippen molar-refractivity contribution < 1.29 is 40.8 Å². The SMILES string of the molecule is CC(C)(C)CCCCCCCCC(C)(C)C(=O)OC(C)(C)C(C)(C)OC(=O)C(F)(F)S(=O)(=O)O. The first kappa shape index (κ1) is 32.7. The van der Waals surface area contributed by atoms with Crippen LogP contribution in [0.4, 0.5) is 8.78 Å². The average Bonchev–Trinajstić information content (AvgIpc) is 2.61. The smallest absolute Gasteiger partial charge is 0.455 e. The van der Waals surface area contributed by atoms with Crippen LogP contribution >= 0.6 is 0 Å². The molecule has 0 aromatic carbocycles. The van der Waals surface area contributed by atoms with Crippen molar-refractivity contribution in [2.45, 2.75) is 130 Å². The number of hydrogen-bond donors (Lipinski definition) is 1. The molecule has 0 aromatic heterocycles. The maximum Gasteiger partial charge on any atom is 0.465 e. The Bertz CT molecular complexity index is 795. The minimum atomic E-state index is -6.01. The largest absolute Gasteiger partial charge is 0.465 e. The van der Waals surface area contributed by atoms with E-state index in [0.29, 0.717) is 11.8 Å². The van der Waals surface area contributed by atoms with Crippen LogP contribution < -0.4 is 0 Å². The Balaban J connectivity index is 4.81. The van der Waals surface area contributed by atoms with Crippen molar-refractivity contribution in [3.8, 4) is 0 Å². The van der Waals surface area contributed by atoms with Crippen molar-refractivity contribution in [3.05, 3.63) is 0 Å². The highest BCUT2D eigenvalue weighted by atomic mass is 32.2. The minimum Gasteiger partial charge on any atom is -0.455 e. The van der Waals surface area contributed by atoms with Crippen LogP contribution in [0.1, 0.15) is 114 Å². The van der Waals surface area contributed by atoms with Crippen LogP contribution in [0.2, 0.25) is 0 Å². The molecule has 0 bridgehead atoms. The van der Waals surface area contributed by atoms with Gasteiger partial charge in [-0.1, -0.05) is 59.3 Å². The second kappa shape index (κ2) is 11.6. The zero-order valence-electron chi connectivity index (χ0n) is 22.2. The van der Waals surface area contributed by atoms with Crippen LogP contribution in [-0.4, -0.2) is 41.4 Å². The lowest BCUT2D eigenvalue weighted by Gasteiger charge is -2.41. The predicted molar refractivity (Wildman–Crippen MR) is 127 cm³/mol. The molecule has 10 heteroatoms. The summed E-state index contributed by atoms with van der Waals surface area (Å²) in [5, 5.41) is -5.14. The van der Waals surface area contributed by atoms with Gasteiger partial charge in [0.05, 0.1) is 5.41 Å². The Hall–Kier alpha value is -1.29. The van der Waals surface area contributed by atoms with Gasteiger partial charge in [-0.3, -0.25) is 9.35 Å². The van der Waals surface area contributed by atoms with E-state index in [-0.39, 0.29) is 0 Å². The van der Waals surface area contributed by atoms with Crippen molar-refractivity contribution in [3.63, 3.8) is 0 Å². The van der Waals surface area contributed by atoms with Crippen molar-refractivity contribution in [1.29, 1.82) is 0 Å². The summed E-state index contributed by atoms with van der Waals surface area (Å²) in [4.78, 5) is 24.5. The van der Waals surface area contributed by atoms with Gasteiger partial charge in [0.15, 0.2) is 0 Å². The first-order chi connectivity index (χ1) is 15.0. The third-order valence-corrected chi connectivity index (χ3v) is 7.05. The highest BCUT2D eigenvalue weighted by Gasteiger charge is 2.57. The Morgan fingerprint density at radius 3 is 1.41 bits per heavy atom. The third-order valence-electron chi connectivity index (χ3n) is 6.24. The van der Waals surface area contributed by atoms with Crippen molar-refractivity contribution >= 4 is 22.1 Å². The molecule has 0 amide bonds. The van der Waals surface area contributed by atoms with E-state index in [9.17, 15) is 26.8 Å². The number of halogens is 2. The molecule has 0 aliphatic heterocycles. The van der Waals surface area contributed by atoms with Gasteiger partial charge in [-0.25, -0.2) is 4.79 Å². The predicted octanol–water partition coefficient (Wildman–Crippen LogP) is 6.30. The Morgan fingerprint density at radius 2 is 1.03 bits per heavy atom. The van der Waals surface area contributed by atoms with E-state index in [0.717, 1.165) is 25.7 Å². The Kier molecular flexibility index (Phi) is 11.2. The monoisotopic (exact) mass is 514 g/mol. The second-order valence-electron chi connectivity index (χ2n) is 11.9. The van der Waals surface area contributed by atoms with E-state index in [1.54, 1.807) is 13.8 Å². The molecule has 0 rings (SSSR count). The van der Waals surface area contributed by atoms with Crippen LogP contribution in [0.5, 0.6) is 0 Å². The van der Waals surface area contributed by atoms with Gasteiger partial charge in [0.2, 0.25) is 0 Å². The molecular formula is C24H44F2O7S. The third kappa shape index (κ3) is 10.1. The van der Waals surface area contributed by atoms with E-state index in [2.05, 4.69) is 25.5 Å². The number of ether oxygens (including phenoxy) is 2. The molecule has 0 spiro atoms. The molecule has 0 heterocycles. The first-order valence-electron chi connectivity index (χ1n) is 11.8. The van der Waals surface area contributed by atoms with Gasteiger partial charge in [-0.05, 0) is 59.8 Å². The molecule has 1 N–H and O–H groups in total. The molecule has 0 aromatic rings. The van der Waals surface area contributed by atoms with E-state index < -0.39 is 43.9 Å². The van der Waals surface area contributed by atoms with Gasteiger partial charge in [-0.2, -0.15) is 17.2 Å². The molecule has 0 atom stereocenters. The molecule has 0 aliphatic carbocycles. The molecular weight excluding hydrogens is 470 g/mol. The van der Waals surface area contributed by atoms with E-state index in [1.807, 2.05) is 0 Å². The zero-order valence-corrected chi connectivity index (χ0v) is 23.0. The highest BCUT2D eigenvalue weighted by Crippen LogP contribution is 2.36. The van der Waals surface area contributed by atoms with E-state index in [1.165, 1.54) is 47.0 Å². The van der Waals surface area contributed by atoms with Gasteiger partial charge in [0.25, 0.3) is 0 Å². The highest BCUT2D eigenvalue weighted by molar-refractivity contribution is 7.87. The number of unbranched alkanes of at least 4 members (excludes halogenated alkanes) is 5. The molecule has 0 aliphatic rings. The quantitative estimate of drug-likeness (QED) is 0.165. The molecule has 0 unspecified atom stereocenters. The van der Waals surface area contributed by atoms with Crippen molar-refractivity contribution in [2.75, 3.05) is 0 Å². The van der Waals surface area contributed by atoms with Crippen LogP contribution in [0.3, 0.4) is 0 Å². The fourth-order valence-electron chi connectivity index (χ4n) is 3.04. The Morgan fingerprint density at radius 1 is 0.676 bits per heavy atom. The topological polar surface area (TPSA) is 107 Å². The summed E-state index contributed by atoms with van der Waals surface area (Å²) in [7, 11) is -6.01. The summed E-state index contributed by atoms with van der Waals surface area (Å²) in [5.41, 5.74) is -3.90. The number of esters is 2. The lowest BCUT2D eigenvalue weighted by Crippen LogP contribution is -2.55. The standard InChI is InChI=1S/C24H44F2O7S/c1-20(2,3)16-14-12-10-11-13-15-17-21(4,5)18(27)32-22(6,7)23(8,9)33-19(28)24(25,26)34(29,30)31/h10-17H2,1-9H3,(H,29,30,31). The summed E-state index contributed by atoms with van der Waals surface area (Å²) < 4.78 is 67.6. The second-order valence-corrected chi connectivity index (χ2v) is 13.3. The summed E-state index contributed by atoms with van der Waals surface area (Å²) in [5.74, 6) is -3.04. The lowest BCUT2D eigenvalue weighted by atomic mass is 9.84. The fourth-order valence-corrected chi connectivity index (χ4v) is 3.30. The molecule has 34 heavy (non-hydrogen) atoms. The van der Waals surface area contributed by atoms with Gasteiger partial charge in [-0.15, -0.1) is 0 Å². The average molecular weight is 515 g/mol. The maximum atomic E-state index is 13.6. The summed E-state index contributed by atoms with van der Waals surface area (Å²) >= 11 is 0. The van der Waals surface area contributed by atoms with Crippen LogP contribution in [0.25, 0.3) is 0 Å². The summed E-state index contributed by atoms with van der Waals surface area (Å²) in [6.07, 6.45) is 8.15. The number of rotatable bonds is 14. The molecule has 0 fully saturated rings. The maximum absolute atomic E-state index is 13.6. The molecule has 7 nitrogen and oxygen atoms in total. The fraction of sp³-hybridized carbons (Fsp3) is 0.917. The van der Waals surface area contributed by atoms with Gasteiger partial charge < -0.3 is 9.47 Å². The molecule has 202 valence electrons. The van der Waals surface area contributed by atoms with Gasteiger partial charge in [0, 0.05) is 0 Å². The van der Waals surface area contributed by atoms with E-state index in [4.69, 9.17) is 9.29 Å². The van der Waals surface area contributed by atoms with Crippen LogP contribution in [0.15, 0.2) is 0 Å². The number of hydrogen-bond acceptors (Lipinski definition) is 6. The Labute approximate surface area is 204 Å². The van der Waals surface area contributed by atoms with Crippen molar-refractivity contribution in [1.82, 2.24) is 0 Å². The molecule has 0 saturated heterocycles. The summed E-state index contributed by atoms with van der Waals surface area (Å²) in [6, 6.07) is 0. The number of alkyl halides is 2. The van der Waals surface area contributed by atoms with Crippen molar-refractivity contribution in [2.24, 2.45) is 10.8 Å². The van der Waals surface area contributed by atoms with Gasteiger partial charge >= 0.3 is 27.3 Å². The van der Waals surface area contributed by atoms with E-state index >= 15 is 0 Å². The molecule has 0 radical (unpaired) electrons. The first-order valence-corrected chi connectivity index (χ1v) is 13.2. The number of carbonyl (C=O) groups is 2. The lowest BCUT2D eigenvalue weighted by molar-refractivity contribution is -0.213. The number of carbonyl (C=O) groups excluding carboxylic acids is 2. The van der Waals surface area contributed by atoms with Gasteiger partial charge in [0.1, 0.15) is 11.2 Å². The van der Waals surface area contributed by atoms with Crippen LogP contribution in [0, 0.1) is 10.8 Å². The normalized spacial score (nSPS) is 14.1. The minimum absolute atomic E-state index is 0.350. The zero-order chi connectivity index (χ0) is 27.2. The van der Waals surface area contributed by atoms with Crippen LogP contribution in [-0.2, 0) is 29.2 Å². The molecule has 0 saturated carbocycles. The summed E-state index contributed by atoms with van der Waals surface area (Å²) in [6.45, 7) is 15.3.